The van der Waals surface area contributed by atoms with Crippen molar-refractivity contribution in [1.82, 2.24) is 5.32 Å². The van der Waals surface area contributed by atoms with Gasteiger partial charge in [0.25, 0.3) is 0 Å². The smallest absolute Gasteiger partial charge is 0.238 e. The Morgan fingerprint density at radius 3 is 2.35 bits per heavy atom. The van der Waals surface area contributed by atoms with Crippen LogP contribution in [0.15, 0.2) is 24.3 Å². The maximum atomic E-state index is 11.8. The first-order valence-corrected chi connectivity index (χ1v) is 8.19. The van der Waals surface area contributed by atoms with Gasteiger partial charge in [0.15, 0.2) is 0 Å². The molecule has 1 aliphatic rings. The Morgan fingerprint density at radius 1 is 1.13 bits per heavy atom. The van der Waals surface area contributed by atoms with Gasteiger partial charge in [0.2, 0.25) is 11.8 Å². The largest absolute Gasteiger partial charge is 0.377 e. The molecular weight excluding hydrogens is 294 g/mol. The van der Waals surface area contributed by atoms with E-state index in [1.54, 1.807) is 24.3 Å². The molecule has 1 aromatic rings. The van der Waals surface area contributed by atoms with Gasteiger partial charge in [-0.25, -0.2) is 0 Å². The molecule has 1 fully saturated rings. The standard InChI is InChI=1S/C17H25N3O3/c1-2-4-16(21)19-13-6-8-14(9-7-13)20-17(22)12-18-11-15-5-3-10-23-15/h6-9,15,18H,2-5,10-12H2,1H3,(H,19,21)(H,20,22). The van der Waals surface area contributed by atoms with Crippen molar-refractivity contribution in [2.75, 3.05) is 30.3 Å². The van der Waals surface area contributed by atoms with E-state index in [-0.39, 0.29) is 24.5 Å². The summed E-state index contributed by atoms with van der Waals surface area (Å²) < 4.78 is 5.49. The topological polar surface area (TPSA) is 79.5 Å². The van der Waals surface area contributed by atoms with Crippen LogP contribution in [0, 0.1) is 0 Å². The number of hydrogen-bond donors (Lipinski definition) is 3. The maximum Gasteiger partial charge on any atom is 0.238 e. The molecule has 0 aliphatic carbocycles. The summed E-state index contributed by atoms with van der Waals surface area (Å²) in [4.78, 5) is 23.4. The summed E-state index contributed by atoms with van der Waals surface area (Å²) in [5.74, 6) is -0.0895. The van der Waals surface area contributed by atoms with Crippen LogP contribution in [0.1, 0.15) is 32.6 Å². The molecule has 1 heterocycles. The second kappa shape index (κ2) is 9.27. The van der Waals surface area contributed by atoms with Gasteiger partial charge in [-0.1, -0.05) is 6.92 Å². The van der Waals surface area contributed by atoms with E-state index >= 15 is 0 Å². The number of carbonyl (C=O) groups excluding carboxylic acids is 2. The van der Waals surface area contributed by atoms with Crippen molar-refractivity contribution in [1.29, 1.82) is 0 Å². The number of benzene rings is 1. The fourth-order valence-corrected chi connectivity index (χ4v) is 2.44. The van der Waals surface area contributed by atoms with E-state index in [1.165, 1.54) is 0 Å². The van der Waals surface area contributed by atoms with Crippen molar-refractivity contribution in [3.63, 3.8) is 0 Å². The lowest BCUT2D eigenvalue weighted by atomic mass is 10.2. The van der Waals surface area contributed by atoms with Gasteiger partial charge < -0.3 is 20.7 Å². The van der Waals surface area contributed by atoms with Crippen LogP contribution in [0.5, 0.6) is 0 Å². The van der Waals surface area contributed by atoms with E-state index in [0.29, 0.717) is 18.7 Å². The number of anilines is 2. The zero-order valence-corrected chi connectivity index (χ0v) is 13.6. The molecule has 2 rings (SSSR count). The van der Waals surface area contributed by atoms with E-state index in [9.17, 15) is 9.59 Å². The number of hydrogen-bond acceptors (Lipinski definition) is 4. The van der Waals surface area contributed by atoms with Crippen LogP contribution in [-0.4, -0.2) is 37.6 Å². The van der Waals surface area contributed by atoms with Crippen LogP contribution in [0.3, 0.4) is 0 Å². The van der Waals surface area contributed by atoms with Crippen molar-refractivity contribution < 1.29 is 14.3 Å². The zero-order chi connectivity index (χ0) is 16.5. The molecule has 126 valence electrons. The Labute approximate surface area is 137 Å². The Balaban J connectivity index is 1.69. The average molecular weight is 319 g/mol. The van der Waals surface area contributed by atoms with Crippen molar-refractivity contribution in [2.45, 2.75) is 38.7 Å². The highest BCUT2D eigenvalue weighted by molar-refractivity contribution is 5.93. The summed E-state index contributed by atoms with van der Waals surface area (Å²) in [6.45, 7) is 3.75. The highest BCUT2D eigenvalue weighted by atomic mass is 16.5. The highest BCUT2D eigenvalue weighted by Gasteiger charge is 2.15. The van der Waals surface area contributed by atoms with E-state index in [4.69, 9.17) is 4.74 Å². The summed E-state index contributed by atoms with van der Waals surface area (Å²) in [5, 5.41) is 8.73. The first-order valence-electron chi connectivity index (χ1n) is 8.19. The van der Waals surface area contributed by atoms with E-state index in [2.05, 4.69) is 16.0 Å². The van der Waals surface area contributed by atoms with Crippen LogP contribution in [0.25, 0.3) is 0 Å². The Morgan fingerprint density at radius 2 is 1.78 bits per heavy atom. The fraction of sp³-hybridized carbons (Fsp3) is 0.529. The Hall–Kier alpha value is -1.92. The first-order chi connectivity index (χ1) is 11.2. The second-order valence-corrected chi connectivity index (χ2v) is 5.69. The lowest BCUT2D eigenvalue weighted by Crippen LogP contribution is -2.33. The third-order valence-corrected chi connectivity index (χ3v) is 3.61. The van der Waals surface area contributed by atoms with Crippen LogP contribution in [0.4, 0.5) is 11.4 Å². The molecule has 6 heteroatoms. The SMILES string of the molecule is CCCC(=O)Nc1ccc(NC(=O)CNCC2CCCO2)cc1. The van der Waals surface area contributed by atoms with Crippen molar-refractivity contribution in [2.24, 2.45) is 0 Å². The number of ether oxygens (including phenoxy) is 1. The minimum Gasteiger partial charge on any atom is -0.377 e. The molecule has 1 atom stereocenters. The molecule has 0 bridgehead atoms. The van der Waals surface area contributed by atoms with Gasteiger partial charge in [0, 0.05) is 30.9 Å². The molecule has 0 saturated carbocycles. The maximum absolute atomic E-state index is 11.8. The number of nitrogens with one attached hydrogen (secondary N) is 3. The van der Waals surface area contributed by atoms with Crippen molar-refractivity contribution >= 4 is 23.2 Å². The highest BCUT2D eigenvalue weighted by Crippen LogP contribution is 2.14. The van der Waals surface area contributed by atoms with Crippen LogP contribution < -0.4 is 16.0 Å². The summed E-state index contributed by atoms with van der Waals surface area (Å²) in [5.41, 5.74) is 1.44. The average Bonchev–Trinajstić information content (AvgIpc) is 3.03. The third kappa shape index (κ3) is 6.38. The van der Waals surface area contributed by atoms with Gasteiger partial charge in [0.05, 0.1) is 12.6 Å². The van der Waals surface area contributed by atoms with E-state index in [0.717, 1.165) is 31.6 Å². The number of amides is 2. The van der Waals surface area contributed by atoms with Gasteiger partial charge in [-0.05, 0) is 43.5 Å². The minimum atomic E-state index is -0.0919. The fourth-order valence-electron chi connectivity index (χ4n) is 2.44. The molecule has 2 amide bonds. The van der Waals surface area contributed by atoms with E-state index < -0.39 is 0 Å². The summed E-state index contributed by atoms with van der Waals surface area (Å²) in [7, 11) is 0. The molecule has 6 nitrogen and oxygen atoms in total. The van der Waals surface area contributed by atoms with Gasteiger partial charge in [-0.15, -0.1) is 0 Å². The predicted octanol–water partition coefficient (Wildman–Crippen LogP) is 2.13. The molecule has 0 radical (unpaired) electrons. The molecular formula is C17H25N3O3. The van der Waals surface area contributed by atoms with Gasteiger partial charge in [0.1, 0.15) is 0 Å². The molecule has 23 heavy (non-hydrogen) atoms. The Kier molecular flexibility index (Phi) is 7.03. The molecule has 0 aromatic heterocycles. The van der Waals surface area contributed by atoms with Gasteiger partial charge >= 0.3 is 0 Å². The quantitative estimate of drug-likeness (QED) is 0.686. The van der Waals surface area contributed by atoms with Crippen LogP contribution in [-0.2, 0) is 14.3 Å². The monoisotopic (exact) mass is 319 g/mol. The second-order valence-electron chi connectivity index (χ2n) is 5.69. The van der Waals surface area contributed by atoms with Crippen LogP contribution >= 0.6 is 0 Å². The van der Waals surface area contributed by atoms with Gasteiger partial charge in [-0.3, -0.25) is 9.59 Å². The zero-order valence-electron chi connectivity index (χ0n) is 13.6. The first kappa shape index (κ1) is 17.4. The lowest BCUT2D eigenvalue weighted by Gasteiger charge is -2.11. The molecule has 1 aromatic carbocycles. The molecule has 3 N–H and O–H groups in total. The van der Waals surface area contributed by atoms with Crippen molar-refractivity contribution in [3.8, 4) is 0 Å². The minimum absolute atomic E-state index is 0.00242. The molecule has 1 saturated heterocycles. The molecule has 1 unspecified atom stereocenters. The Bertz CT molecular complexity index is 510. The number of carbonyl (C=O) groups is 2. The van der Waals surface area contributed by atoms with Gasteiger partial charge in [-0.2, -0.15) is 0 Å². The molecule has 0 spiro atoms. The van der Waals surface area contributed by atoms with Crippen molar-refractivity contribution in [3.05, 3.63) is 24.3 Å². The summed E-state index contributed by atoms with van der Waals surface area (Å²) in [6.07, 6.45) is 3.71. The third-order valence-electron chi connectivity index (χ3n) is 3.61. The molecule has 1 aliphatic heterocycles. The predicted molar refractivity (Wildman–Crippen MR) is 90.5 cm³/mol. The normalized spacial score (nSPS) is 17.0. The summed E-state index contributed by atoms with van der Waals surface area (Å²) >= 11 is 0. The van der Waals surface area contributed by atoms with Crippen LogP contribution in [0.2, 0.25) is 0 Å². The summed E-state index contributed by atoms with van der Waals surface area (Å²) in [6, 6.07) is 7.12. The number of rotatable bonds is 8. The lowest BCUT2D eigenvalue weighted by molar-refractivity contribution is -0.116. The van der Waals surface area contributed by atoms with E-state index in [1.807, 2.05) is 6.92 Å².